The maximum atomic E-state index is 4.51. The Bertz CT molecular complexity index is 716. The average Bonchev–Trinajstić information content (AvgIpc) is 2.98. The van der Waals surface area contributed by atoms with Crippen LogP contribution in [0.1, 0.15) is 5.82 Å². The van der Waals surface area contributed by atoms with Crippen LogP contribution in [-0.2, 0) is 13.6 Å². The Morgan fingerprint density at radius 2 is 2.05 bits per heavy atom. The molecule has 0 aliphatic carbocycles. The monoisotopic (exact) mass is 320 g/mol. The third-order valence-electron chi connectivity index (χ3n) is 2.99. The van der Waals surface area contributed by atoms with E-state index >= 15 is 0 Å². The van der Waals surface area contributed by atoms with Gasteiger partial charge in [0.2, 0.25) is 0 Å². The minimum atomic E-state index is 0.676. The van der Waals surface area contributed by atoms with Crippen molar-refractivity contribution < 1.29 is 0 Å². The van der Waals surface area contributed by atoms with Gasteiger partial charge in [-0.05, 0) is 15.9 Å². The Morgan fingerprint density at radius 1 is 1.26 bits per heavy atom. The van der Waals surface area contributed by atoms with Gasteiger partial charge in [-0.3, -0.25) is 0 Å². The summed E-state index contributed by atoms with van der Waals surface area (Å²) in [7, 11) is 3.97. The molecule has 3 rings (SSSR count). The number of nitrogens with zero attached hydrogens (tertiary/aromatic N) is 6. The lowest BCUT2D eigenvalue weighted by Gasteiger charge is -2.18. The van der Waals surface area contributed by atoms with Gasteiger partial charge in [0.1, 0.15) is 10.4 Å². The number of halogens is 1. The maximum Gasteiger partial charge on any atom is 0.180 e. The van der Waals surface area contributed by atoms with Crippen molar-refractivity contribution in [3.63, 3.8) is 0 Å². The van der Waals surface area contributed by atoms with Gasteiger partial charge >= 0.3 is 0 Å². The second kappa shape index (κ2) is 4.65. The average molecular weight is 321 g/mol. The molecule has 0 aliphatic heterocycles. The summed E-state index contributed by atoms with van der Waals surface area (Å²) in [5.41, 5.74) is 0.833. The molecule has 0 spiro atoms. The molecule has 0 saturated heterocycles. The summed E-state index contributed by atoms with van der Waals surface area (Å²) < 4.78 is 4.72. The minimum Gasteiger partial charge on any atom is -0.349 e. The fourth-order valence-corrected chi connectivity index (χ4v) is 2.37. The van der Waals surface area contributed by atoms with Crippen LogP contribution in [0.5, 0.6) is 0 Å². The fourth-order valence-electron chi connectivity index (χ4n) is 1.98. The van der Waals surface area contributed by atoms with Crippen molar-refractivity contribution in [2.24, 2.45) is 7.05 Å². The fraction of sp³-hybridized carbons (Fsp3) is 0.250. The first-order valence-corrected chi connectivity index (χ1v) is 6.61. The molecule has 0 aromatic carbocycles. The molecule has 0 amide bonds. The predicted octanol–water partition coefficient (Wildman–Crippen LogP) is 1.86. The van der Waals surface area contributed by atoms with Gasteiger partial charge in [-0.2, -0.15) is 0 Å². The molecule has 19 heavy (non-hydrogen) atoms. The number of hydrogen-bond donors (Lipinski definition) is 0. The summed E-state index contributed by atoms with van der Waals surface area (Å²) in [6.45, 7) is 0.676. The Balaban J connectivity index is 1.99. The van der Waals surface area contributed by atoms with E-state index in [0.29, 0.717) is 6.54 Å². The Morgan fingerprint density at radius 3 is 2.79 bits per heavy atom. The molecule has 98 valence electrons. The van der Waals surface area contributed by atoms with Crippen molar-refractivity contribution in [2.45, 2.75) is 6.54 Å². The normalized spacial score (nSPS) is 11.1. The topological polar surface area (TPSA) is 51.2 Å². The molecule has 3 aromatic heterocycles. The molecular weight excluding hydrogens is 308 g/mol. The lowest BCUT2D eigenvalue weighted by atomic mass is 10.4. The van der Waals surface area contributed by atoms with Crippen molar-refractivity contribution >= 4 is 27.4 Å². The van der Waals surface area contributed by atoms with Crippen LogP contribution < -0.4 is 4.90 Å². The maximum absolute atomic E-state index is 4.51. The van der Waals surface area contributed by atoms with Crippen LogP contribution >= 0.6 is 15.9 Å². The highest BCUT2D eigenvalue weighted by atomic mass is 79.9. The zero-order chi connectivity index (χ0) is 13.4. The molecule has 3 aromatic rings. The van der Waals surface area contributed by atoms with Gasteiger partial charge in [0.25, 0.3) is 0 Å². The van der Waals surface area contributed by atoms with Crippen LogP contribution in [0.15, 0.2) is 35.6 Å². The smallest absolute Gasteiger partial charge is 0.180 e. The highest BCUT2D eigenvalue weighted by Gasteiger charge is 2.13. The summed E-state index contributed by atoms with van der Waals surface area (Å²) in [5.74, 6) is 1.80. The highest BCUT2D eigenvalue weighted by Crippen LogP contribution is 2.21. The third kappa shape index (κ3) is 2.21. The zero-order valence-corrected chi connectivity index (χ0v) is 12.2. The zero-order valence-electron chi connectivity index (χ0n) is 10.7. The number of aryl methyl sites for hydroxylation is 1. The summed E-state index contributed by atoms with van der Waals surface area (Å²) in [6.07, 6.45) is 9.28. The first kappa shape index (κ1) is 12.2. The summed E-state index contributed by atoms with van der Waals surface area (Å²) in [4.78, 5) is 15.2. The number of rotatable bonds is 3. The first-order valence-electron chi connectivity index (χ1n) is 5.81. The molecule has 7 heteroatoms. The number of hydrogen-bond acceptors (Lipinski definition) is 4. The molecule has 0 unspecified atom stereocenters. The Labute approximate surface area is 118 Å². The number of aromatic nitrogens is 5. The molecule has 0 radical (unpaired) electrons. The summed E-state index contributed by atoms with van der Waals surface area (Å²) >= 11 is 3.42. The van der Waals surface area contributed by atoms with Crippen molar-refractivity contribution in [2.75, 3.05) is 11.9 Å². The molecule has 0 bridgehead atoms. The molecule has 0 saturated carbocycles. The van der Waals surface area contributed by atoms with Crippen LogP contribution in [0.25, 0.3) is 5.65 Å². The van der Waals surface area contributed by atoms with Gasteiger partial charge in [0, 0.05) is 45.1 Å². The largest absolute Gasteiger partial charge is 0.349 e. The van der Waals surface area contributed by atoms with E-state index in [1.165, 1.54) is 0 Å². The van der Waals surface area contributed by atoms with Crippen LogP contribution in [-0.4, -0.2) is 31.0 Å². The van der Waals surface area contributed by atoms with Crippen LogP contribution in [0, 0.1) is 0 Å². The van der Waals surface area contributed by atoms with Gasteiger partial charge in [-0.15, -0.1) is 0 Å². The number of imidazole rings is 2. The van der Waals surface area contributed by atoms with Crippen molar-refractivity contribution in [1.82, 2.24) is 23.9 Å². The van der Waals surface area contributed by atoms with E-state index in [2.05, 4.69) is 30.9 Å². The lowest BCUT2D eigenvalue weighted by Crippen LogP contribution is -2.21. The van der Waals surface area contributed by atoms with E-state index in [1.807, 2.05) is 46.6 Å². The quantitative estimate of drug-likeness (QED) is 0.739. The van der Waals surface area contributed by atoms with E-state index in [-0.39, 0.29) is 0 Å². The number of anilines is 1. The molecule has 6 nitrogen and oxygen atoms in total. The van der Waals surface area contributed by atoms with Gasteiger partial charge in [0.05, 0.1) is 6.54 Å². The van der Waals surface area contributed by atoms with Crippen LogP contribution in [0.4, 0.5) is 5.82 Å². The van der Waals surface area contributed by atoms with Gasteiger partial charge in [0.15, 0.2) is 11.5 Å². The van der Waals surface area contributed by atoms with Gasteiger partial charge in [-0.1, -0.05) is 0 Å². The van der Waals surface area contributed by atoms with Gasteiger partial charge < -0.3 is 13.9 Å². The van der Waals surface area contributed by atoms with E-state index in [9.17, 15) is 0 Å². The molecule has 0 fully saturated rings. The Hall–Kier alpha value is -1.89. The summed E-state index contributed by atoms with van der Waals surface area (Å²) in [6, 6.07) is 0. The summed E-state index contributed by atoms with van der Waals surface area (Å²) in [5, 5.41) is 0. The standard InChI is InChI=1S/C12H13BrN6/c1-17-5-3-14-10(17)8-18(2)12-11-15-4-6-19(11)7-9(13)16-12/h3-7H,8H2,1-2H3. The second-order valence-electron chi connectivity index (χ2n) is 4.36. The number of fused-ring (bicyclic) bond motifs is 1. The van der Waals surface area contributed by atoms with E-state index < -0.39 is 0 Å². The highest BCUT2D eigenvalue weighted by molar-refractivity contribution is 9.10. The Kier molecular flexibility index (Phi) is 2.98. The van der Waals surface area contributed by atoms with Crippen LogP contribution in [0.3, 0.4) is 0 Å². The molecule has 3 heterocycles. The van der Waals surface area contributed by atoms with E-state index in [0.717, 1.165) is 21.9 Å². The SMILES string of the molecule is CN(Cc1nccn1C)c1nc(Br)cn2ccnc12. The van der Waals surface area contributed by atoms with Crippen LogP contribution in [0.2, 0.25) is 0 Å². The lowest BCUT2D eigenvalue weighted by molar-refractivity contribution is 0.754. The minimum absolute atomic E-state index is 0.676. The molecule has 0 N–H and O–H groups in total. The first-order chi connectivity index (χ1) is 9.15. The third-order valence-corrected chi connectivity index (χ3v) is 3.37. The van der Waals surface area contributed by atoms with Crippen molar-refractivity contribution in [3.8, 4) is 0 Å². The molecular formula is C12H13BrN6. The van der Waals surface area contributed by atoms with E-state index in [1.54, 1.807) is 12.4 Å². The predicted molar refractivity (Wildman–Crippen MR) is 76.0 cm³/mol. The van der Waals surface area contributed by atoms with Gasteiger partial charge in [-0.25, -0.2) is 15.0 Å². The van der Waals surface area contributed by atoms with Crippen molar-refractivity contribution in [1.29, 1.82) is 0 Å². The second-order valence-corrected chi connectivity index (χ2v) is 5.17. The molecule has 0 aliphatic rings. The van der Waals surface area contributed by atoms with Crippen molar-refractivity contribution in [3.05, 3.63) is 41.4 Å². The van der Waals surface area contributed by atoms with E-state index in [4.69, 9.17) is 0 Å². The molecule has 0 atom stereocenters.